The molecule has 2 aromatic heterocycles. The maximum absolute atomic E-state index is 13.8. The number of carbonyl (C=O) groups is 3. The van der Waals surface area contributed by atoms with Gasteiger partial charge >= 0.3 is 12.0 Å². The molecule has 12 heteroatoms. The second-order valence-corrected chi connectivity index (χ2v) is 11.9. The SMILES string of the molecule is CCOC(=O)[C@@]12C[C@H]1C=CCCCCN(C)C(=O)N[C@@H](CCOc1cc(-c3cnn(CC)c3)nc3c(C)c(OC)ccc13)C(=O)N2. The highest BCUT2D eigenvalue weighted by Gasteiger charge is 2.61. The Morgan fingerprint density at radius 3 is 2.74 bits per heavy atom. The lowest BCUT2D eigenvalue weighted by atomic mass is 10.1. The van der Waals surface area contributed by atoms with Gasteiger partial charge in [0.05, 0.1) is 37.7 Å². The zero-order valence-corrected chi connectivity index (χ0v) is 27.3. The largest absolute Gasteiger partial charge is 0.496 e. The van der Waals surface area contributed by atoms with Crippen LogP contribution >= 0.6 is 0 Å². The third-order valence-corrected chi connectivity index (χ3v) is 8.73. The quantitative estimate of drug-likeness (QED) is 0.262. The molecule has 0 spiro atoms. The Bertz CT molecular complexity index is 1620. The van der Waals surface area contributed by atoms with Crippen LogP contribution in [0.3, 0.4) is 0 Å². The van der Waals surface area contributed by atoms with Gasteiger partial charge in [-0.15, -0.1) is 0 Å². The number of methoxy groups -OCH3 is 1. The number of allylic oxidation sites excluding steroid dienone is 1. The van der Waals surface area contributed by atoms with Gasteiger partial charge in [-0.2, -0.15) is 5.10 Å². The van der Waals surface area contributed by atoms with Gasteiger partial charge in [0.25, 0.3) is 0 Å². The smallest absolute Gasteiger partial charge is 0.332 e. The summed E-state index contributed by atoms with van der Waals surface area (Å²) < 4.78 is 19.1. The van der Waals surface area contributed by atoms with Crippen molar-refractivity contribution < 1.29 is 28.6 Å². The van der Waals surface area contributed by atoms with Crippen LogP contribution in [0, 0.1) is 12.8 Å². The Balaban J connectivity index is 1.41. The molecule has 0 radical (unpaired) electrons. The number of amides is 3. The number of esters is 1. The molecule has 0 bridgehead atoms. The zero-order chi connectivity index (χ0) is 32.8. The van der Waals surface area contributed by atoms with Crippen molar-refractivity contribution in [2.75, 3.05) is 33.9 Å². The van der Waals surface area contributed by atoms with Gasteiger partial charge in [-0.25, -0.2) is 14.6 Å². The highest BCUT2D eigenvalue weighted by atomic mass is 16.5. The number of urea groups is 1. The molecule has 1 fully saturated rings. The molecule has 0 unspecified atom stereocenters. The highest BCUT2D eigenvalue weighted by Crippen LogP contribution is 2.46. The van der Waals surface area contributed by atoms with Crippen LogP contribution in [0.4, 0.5) is 4.79 Å². The number of nitrogens with zero attached hydrogens (tertiary/aromatic N) is 4. The number of rotatable bonds is 9. The summed E-state index contributed by atoms with van der Waals surface area (Å²) in [4.78, 5) is 46.4. The average Bonchev–Trinajstić information content (AvgIpc) is 3.52. The molecule has 12 nitrogen and oxygen atoms in total. The minimum Gasteiger partial charge on any atom is -0.496 e. The maximum atomic E-state index is 13.8. The second-order valence-electron chi connectivity index (χ2n) is 11.9. The van der Waals surface area contributed by atoms with Crippen molar-refractivity contribution >= 4 is 28.8 Å². The molecule has 3 aromatic rings. The van der Waals surface area contributed by atoms with E-state index >= 15 is 0 Å². The number of aryl methyl sites for hydroxylation is 2. The summed E-state index contributed by atoms with van der Waals surface area (Å²) in [6.45, 7) is 7.30. The minimum absolute atomic E-state index is 0.107. The number of pyridine rings is 1. The molecule has 1 aliphatic heterocycles. The summed E-state index contributed by atoms with van der Waals surface area (Å²) in [5.74, 6) is 0.206. The topological polar surface area (TPSA) is 137 Å². The minimum atomic E-state index is -1.14. The van der Waals surface area contributed by atoms with Gasteiger partial charge in [0.15, 0.2) is 0 Å². The van der Waals surface area contributed by atoms with Gasteiger partial charge in [-0.3, -0.25) is 9.48 Å². The van der Waals surface area contributed by atoms with Gasteiger partial charge in [-0.05, 0) is 58.6 Å². The first-order valence-corrected chi connectivity index (χ1v) is 16.0. The summed E-state index contributed by atoms with van der Waals surface area (Å²) in [6.07, 6.45) is 10.9. The first kappa shape index (κ1) is 32.8. The number of nitrogens with one attached hydrogen (secondary N) is 2. The van der Waals surface area contributed by atoms with Crippen molar-refractivity contribution in [1.29, 1.82) is 0 Å². The molecule has 246 valence electrons. The lowest BCUT2D eigenvalue weighted by Gasteiger charge is -2.26. The molecular formula is C34H44N6O6. The zero-order valence-electron chi connectivity index (χ0n) is 27.3. The second kappa shape index (κ2) is 14.2. The molecule has 3 amide bonds. The number of carbonyl (C=O) groups excluding carboxylic acids is 3. The normalized spacial score (nSPS) is 22.0. The van der Waals surface area contributed by atoms with E-state index in [9.17, 15) is 14.4 Å². The summed E-state index contributed by atoms with van der Waals surface area (Å²) in [5.41, 5.74) is 1.99. The van der Waals surface area contributed by atoms with Crippen LogP contribution in [0.5, 0.6) is 11.5 Å². The van der Waals surface area contributed by atoms with E-state index in [1.807, 2.05) is 55.1 Å². The van der Waals surface area contributed by atoms with E-state index in [0.29, 0.717) is 30.2 Å². The lowest BCUT2D eigenvalue weighted by Crippen LogP contribution is -2.56. The summed E-state index contributed by atoms with van der Waals surface area (Å²) in [7, 11) is 3.33. The Morgan fingerprint density at radius 1 is 1.17 bits per heavy atom. The molecular weight excluding hydrogens is 588 g/mol. The first-order valence-electron chi connectivity index (χ1n) is 16.0. The molecule has 5 rings (SSSR count). The predicted octanol–water partition coefficient (Wildman–Crippen LogP) is 4.39. The van der Waals surface area contributed by atoms with E-state index < -0.39 is 23.5 Å². The summed E-state index contributed by atoms with van der Waals surface area (Å²) in [6, 6.07) is 4.32. The van der Waals surface area contributed by atoms with E-state index in [2.05, 4.69) is 15.7 Å². The van der Waals surface area contributed by atoms with Crippen molar-refractivity contribution in [2.24, 2.45) is 5.92 Å². The van der Waals surface area contributed by atoms with E-state index in [1.54, 1.807) is 32.2 Å². The van der Waals surface area contributed by atoms with Crippen molar-refractivity contribution in [3.63, 3.8) is 0 Å². The maximum Gasteiger partial charge on any atom is 0.332 e. The summed E-state index contributed by atoms with van der Waals surface area (Å²) >= 11 is 0. The molecule has 3 heterocycles. The fourth-order valence-electron chi connectivity index (χ4n) is 5.84. The Kier molecular flexibility index (Phi) is 10.1. The fourth-order valence-corrected chi connectivity index (χ4v) is 5.84. The van der Waals surface area contributed by atoms with E-state index in [-0.39, 0.29) is 31.6 Å². The Labute approximate surface area is 269 Å². The van der Waals surface area contributed by atoms with Gasteiger partial charge in [0.2, 0.25) is 5.91 Å². The van der Waals surface area contributed by atoms with Crippen molar-refractivity contribution in [3.05, 3.63) is 48.3 Å². The van der Waals surface area contributed by atoms with Crippen LogP contribution in [-0.4, -0.2) is 83.1 Å². The van der Waals surface area contributed by atoms with Gasteiger partial charge < -0.3 is 29.7 Å². The van der Waals surface area contributed by atoms with E-state index in [1.165, 1.54) is 0 Å². The van der Waals surface area contributed by atoms with Crippen LogP contribution < -0.4 is 20.1 Å². The molecule has 3 atom stereocenters. The lowest BCUT2D eigenvalue weighted by molar-refractivity contribution is -0.149. The predicted molar refractivity (Wildman–Crippen MR) is 174 cm³/mol. The number of ether oxygens (including phenoxy) is 3. The third-order valence-electron chi connectivity index (χ3n) is 8.73. The monoisotopic (exact) mass is 632 g/mol. The summed E-state index contributed by atoms with van der Waals surface area (Å²) in [5, 5.41) is 11.0. The van der Waals surface area contributed by atoms with Crippen LogP contribution in [0.15, 0.2) is 42.7 Å². The van der Waals surface area contributed by atoms with Crippen molar-refractivity contribution in [1.82, 2.24) is 30.3 Å². The molecule has 1 aliphatic carbocycles. The number of hydrogen-bond acceptors (Lipinski definition) is 8. The van der Waals surface area contributed by atoms with Crippen molar-refractivity contribution in [2.45, 2.75) is 71.0 Å². The molecule has 1 saturated carbocycles. The van der Waals surface area contributed by atoms with Crippen LogP contribution in [0.2, 0.25) is 0 Å². The number of hydrogen-bond donors (Lipinski definition) is 2. The molecule has 2 N–H and O–H groups in total. The van der Waals surface area contributed by atoms with E-state index in [0.717, 1.165) is 47.8 Å². The van der Waals surface area contributed by atoms with Gasteiger partial charge in [-0.1, -0.05) is 12.2 Å². The van der Waals surface area contributed by atoms with E-state index in [4.69, 9.17) is 19.2 Å². The molecule has 0 saturated heterocycles. The Morgan fingerprint density at radius 2 is 2.00 bits per heavy atom. The third kappa shape index (κ3) is 6.95. The fraction of sp³-hybridized carbons (Fsp3) is 0.500. The number of benzene rings is 1. The first-order chi connectivity index (χ1) is 22.2. The Hall–Kier alpha value is -4.61. The van der Waals surface area contributed by atoms with Crippen LogP contribution in [0.25, 0.3) is 22.2 Å². The molecule has 46 heavy (non-hydrogen) atoms. The van der Waals surface area contributed by atoms with Gasteiger partial charge in [0, 0.05) is 61.3 Å². The number of aromatic nitrogens is 3. The number of fused-ring (bicyclic) bond motifs is 2. The van der Waals surface area contributed by atoms with Gasteiger partial charge in [0.1, 0.15) is 23.1 Å². The van der Waals surface area contributed by atoms with Crippen LogP contribution in [0.1, 0.15) is 51.5 Å². The average molecular weight is 633 g/mol. The van der Waals surface area contributed by atoms with Crippen molar-refractivity contribution in [3.8, 4) is 22.8 Å². The standard InChI is InChI=1S/C34H44N6O6/c1-6-40-21-23(20-35-40)27-18-29(25-13-14-28(44-5)22(3)30(25)36-27)46-17-15-26-31(41)38-34(32(42)45-7-2)19-24(34)12-10-8-9-11-16-39(4)33(43)37-26/h10,12-14,18,20-21,24,26H,6-9,11,15-17,19H2,1-5H3,(H,37,43)(H,38,41)/t24-,26+,34-/m1/s1. The molecule has 2 aliphatic rings. The molecule has 1 aromatic carbocycles. The van der Waals surface area contributed by atoms with Crippen LogP contribution in [-0.2, 0) is 20.9 Å². The highest BCUT2D eigenvalue weighted by molar-refractivity contribution is 5.95.